The van der Waals surface area contributed by atoms with Crippen LogP contribution in [-0.4, -0.2) is 41.8 Å². The van der Waals surface area contributed by atoms with E-state index in [4.69, 9.17) is 0 Å². The van der Waals surface area contributed by atoms with Crippen LogP contribution < -0.4 is 5.32 Å². The largest absolute Gasteiger partial charge is 0.367 e. The summed E-state index contributed by atoms with van der Waals surface area (Å²) in [6.07, 6.45) is 2.56. The van der Waals surface area contributed by atoms with E-state index >= 15 is 0 Å². The van der Waals surface area contributed by atoms with Gasteiger partial charge in [0.1, 0.15) is 12.0 Å². The molecule has 1 aliphatic rings. The molecule has 0 amide bonds. The van der Waals surface area contributed by atoms with E-state index < -0.39 is 14.9 Å². The Morgan fingerprint density at radius 1 is 1.26 bits per heavy atom. The van der Waals surface area contributed by atoms with Gasteiger partial charge in [-0.05, 0) is 31.4 Å². The number of hydrogen-bond donors (Lipinski definition) is 1. The maximum atomic E-state index is 12.6. The number of aromatic nitrogens is 1. The maximum absolute atomic E-state index is 12.6. The first kappa shape index (κ1) is 19.2. The molecular formula is C18H22N4O4S. The van der Waals surface area contributed by atoms with Crippen LogP contribution in [0.15, 0.2) is 42.6 Å². The molecule has 1 saturated heterocycles. The van der Waals surface area contributed by atoms with E-state index in [1.165, 1.54) is 10.5 Å². The monoisotopic (exact) mass is 390 g/mol. The van der Waals surface area contributed by atoms with Gasteiger partial charge in [-0.25, -0.2) is 17.7 Å². The van der Waals surface area contributed by atoms with E-state index in [1.54, 1.807) is 13.0 Å². The number of nitrogens with one attached hydrogen (secondary N) is 1. The lowest BCUT2D eigenvalue weighted by Gasteiger charge is -2.32. The topological polar surface area (TPSA) is 105 Å². The fraction of sp³-hybridized carbons (Fsp3) is 0.389. The third kappa shape index (κ3) is 4.81. The summed E-state index contributed by atoms with van der Waals surface area (Å²) in [6.45, 7) is 2.56. The lowest BCUT2D eigenvalue weighted by molar-refractivity contribution is -0.385. The first-order chi connectivity index (χ1) is 12.8. The highest BCUT2D eigenvalue weighted by atomic mass is 32.2. The van der Waals surface area contributed by atoms with Gasteiger partial charge in [0.25, 0.3) is 5.69 Å². The SMILES string of the molecule is Cc1cc(NC2CCN(S(=O)(=O)Cc3ccccc3)CC2)ncc1[N+](=O)[O-]. The van der Waals surface area contributed by atoms with Crippen molar-refractivity contribution >= 4 is 21.5 Å². The Morgan fingerprint density at radius 3 is 2.52 bits per heavy atom. The van der Waals surface area contributed by atoms with Gasteiger partial charge < -0.3 is 5.32 Å². The number of nitro groups is 1. The van der Waals surface area contributed by atoms with Gasteiger partial charge in [0.05, 0.1) is 10.7 Å². The number of rotatable bonds is 6. The van der Waals surface area contributed by atoms with Crippen molar-refractivity contribution in [1.82, 2.24) is 9.29 Å². The third-order valence-corrected chi connectivity index (χ3v) is 6.52. The van der Waals surface area contributed by atoms with E-state index in [2.05, 4.69) is 10.3 Å². The highest BCUT2D eigenvalue weighted by Gasteiger charge is 2.28. The Bertz CT molecular complexity index is 910. The number of aryl methyl sites for hydroxylation is 1. The second kappa shape index (κ2) is 8.01. The molecule has 0 unspecified atom stereocenters. The average Bonchev–Trinajstić information content (AvgIpc) is 2.62. The molecule has 0 atom stereocenters. The summed E-state index contributed by atoms with van der Waals surface area (Å²) in [5.41, 5.74) is 1.31. The molecule has 9 heteroatoms. The maximum Gasteiger partial charge on any atom is 0.290 e. The zero-order valence-corrected chi connectivity index (χ0v) is 15.9. The van der Waals surface area contributed by atoms with E-state index in [0.29, 0.717) is 37.3 Å². The number of benzene rings is 1. The van der Waals surface area contributed by atoms with Crippen molar-refractivity contribution in [2.75, 3.05) is 18.4 Å². The van der Waals surface area contributed by atoms with Gasteiger partial charge in [0.15, 0.2) is 0 Å². The van der Waals surface area contributed by atoms with Crippen LogP contribution in [-0.2, 0) is 15.8 Å². The third-order valence-electron chi connectivity index (χ3n) is 4.67. The first-order valence-electron chi connectivity index (χ1n) is 8.74. The smallest absolute Gasteiger partial charge is 0.290 e. The molecule has 0 radical (unpaired) electrons. The highest BCUT2D eigenvalue weighted by molar-refractivity contribution is 7.88. The Balaban J connectivity index is 1.57. The Kier molecular flexibility index (Phi) is 5.71. The number of anilines is 1. The molecule has 27 heavy (non-hydrogen) atoms. The van der Waals surface area contributed by atoms with Crippen LogP contribution in [0.2, 0.25) is 0 Å². The second-order valence-corrected chi connectivity index (χ2v) is 8.64. The Hall–Kier alpha value is -2.52. The summed E-state index contributed by atoms with van der Waals surface area (Å²) in [5.74, 6) is 0.582. The van der Waals surface area contributed by atoms with Crippen molar-refractivity contribution in [3.05, 3.63) is 63.8 Å². The second-order valence-electron chi connectivity index (χ2n) is 6.67. The van der Waals surface area contributed by atoms with Gasteiger partial charge in [-0.1, -0.05) is 30.3 Å². The van der Waals surface area contributed by atoms with Gasteiger partial charge in [-0.2, -0.15) is 0 Å². The van der Waals surface area contributed by atoms with Crippen LogP contribution in [0.3, 0.4) is 0 Å². The summed E-state index contributed by atoms with van der Waals surface area (Å²) in [6, 6.07) is 10.9. The van der Waals surface area contributed by atoms with Crippen LogP contribution in [0.1, 0.15) is 24.0 Å². The van der Waals surface area contributed by atoms with Gasteiger partial charge in [-0.3, -0.25) is 10.1 Å². The molecule has 0 bridgehead atoms. The van der Waals surface area contributed by atoms with E-state index in [9.17, 15) is 18.5 Å². The molecule has 1 aromatic carbocycles. The lowest BCUT2D eigenvalue weighted by Crippen LogP contribution is -2.42. The summed E-state index contributed by atoms with van der Waals surface area (Å²) < 4.78 is 26.7. The van der Waals surface area contributed by atoms with E-state index in [1.807, 2.05) is 30.3 Å². The van der Waals surface area contributed by atoms with Crippen LogP contribution in [0, 0.1) is 17.0 Å². The molecule has 8 nitrogen and oxygen atoms in total. The molecular weight excluding hydrogens is 368 g/mol. The zero-order chi connectivity index (χ0) is 19.4. The molecule has 0 spiro atoms. The van der Waals surface area contributed by atoms with Gasteiger partial charge in [0.2, 0.25) is 10.0 Å². The molecule has 2 aromatic rings. The van der Waals surface area contributed by atoms with Crippen molar-refractivity contribution in [2.45, 2.75) is 31.6 Å². The first-order valence-corrected chi connectivity index (χ1v) is 10.4. The van der Waals surface area contributed by atoms with E-state index in [-0.39, 0.29) is 17.5 Å². The quantitative estimate of drug-likeness (QED) is 0.600. The van der Waals surface area contributed by atoms with Crippen LogP contribution in [0.5, 0.6) is 0 Å². The number of sulfonamides is 1. The summed E-state index contributed by atoms with van der Waals surface area (Å²) in [7, 11) is -3.34. The molecule has 144 valence electrons. The minimum Gasteiger partial charge on any atom is -0.367 e. The van der Waals surface area contributed by atoms with Gasteiger partial charge in [0, 0.05) is 24.7 Å². The number of nitrogens with zero attached hydrogens (tertiary/aromatic N) is 3. The minimum atomic E-state index is -3.34. The van der Waals surface area contributed by atoms with Crippen molar-refractivity contribution < 1.29 is 13.3 Å². The fourth-order valence-electron chi connectivity index (χ4n) is 3.18. The summed E-state index contributed by atoms with van der Waals surface area (Å²) in [5, 5.41) is 14.1. The lowest BCUT2D eigenvalue weighted by atomic mass is 10.1. The number of piperidine rings is 1. The average molecular weight is 390 g/mol. The summed E-state index contributed by atoms with van der Waals surface area (Å²) >= 11 is 0. The Morgan fingerprint density at radius 2 is 1.93 bits per heavy atom. The predicted octanol–water partition coefficient (Wildman–Crippen LogP) is 2.70. The van der Waals surface area contributed by atoms with Crippen molar-refractivity contribution in [3.8, 4) is 0 Å². The standard InChI is InChI=1S/C18H22N4O4S/c1-14-11-18(19-12-17(14)22(23)24)20-16-7-9-21(10-8-16)27(25,26)13-15-5-3-2-4-6-15/h2-6,11-12,16H,7-10,13H2,1H3,(H,19,20). The number of hydrogen-bond acceptors (Lipinski definition) is 6. The molecule has 1 N–H and O–H groups in total. The minimum absolute atomic E-state index is 0.00897. The van der Waals surface area contributed by atoms with Crippen molar-refractivity contribution in [2.24, 2.45) is 0 Å². The highest BCUT2D eigenvalue weighted by Crippen LogP contribution is 2.23. The van der Waals surface area contributed by atoms with Gasteiger partial charge >= 0.3 is 0 Å². The molecule has 2 heterocycles. The van der Waals surface area contributed by atoms with Crippen LogP contribution in [0.4, 0.5) is 11.5 Å². The zero-order valence-electron chi connectivity index (χ0n) is 15.0. The Labute approximate surface area is 158 Å². The molecule has 1 aromatic heterocycles. The molecule has 0 saturated carbocycles. The van der Waals surface area contributed by atoms with Crippen molar-refractivity contribution in [3.63, 3.8) is 0 Å². The van der Waals surface area contributed by atoms with E-state index in [0.717, 1.165) is 5.56 Å². The normalized spacial score (nSPS) is 16.2. The summed E-state index contributed by atoms with van der Waals surface area (Å²) in [4.78, 5) is 14.5. The fourth-order valence-corrected chi connectivity index (χ4v) is 4.75. The van der Waals surface area contributed by atoms with Gasteiger partial charge in [-0.15, -0.1) is 0 Å². The molecule has 1 aliphatic heterocycles. The molecule has 0 aliphatic carbocycles. The molecule has 3 rings (SSSR count). The van der Waals surface area contributed by atoms with Crippen molar-refractivity contribution in [1.29, 1.82) is 0 Å². The van der Waals surface area contributed by atoms with Crippen LogP contribution in [0.25, 0.3) is 0 Å². The molecule has 1 fully saturated rings. The number of pyridine rings is 1. The van der Waals surface area contributed by atoms with Crippen LogP contribution >= 0.6 is 0 Å². The predicted molar refractivity (Wildman–Crippen MR) is 103 cm³/mol.